The Labute approximate surface area is 256 Å². The summed E-state index contributed by atoms with van der Waals surface area (Å²) in [4.78, 5) is 9.98. The number of hydrogen-bond donors (Lipinski definition) is 1. The number of para-hydroxylation sites is 3. The molecule has 0 fully saturated rings. The molecule has 2 aromatic heterocycles. The van der Waals surface area contributed by atoms with Gasteiger partial charge in [0.1, 0.15) is 0 Å². The van der Waals surface area contributed by atoms with Gasteiger partial charge in [-0.1, -0.05) is 93.9 Å². The van der Waals surface area contributed by atoms with E-state index in [-0.39, 0.29) is 26.8 Å². The van der Waals surface area contributed by atoms with Gasteiger partial charge < -0.3 is 9.67 Å². The van der Waals surface area contributed by atoms with Crippen LogP contribution in [0.5, 0.6) is 5.75 Å². The van der Waals surface area contributed by atoms with Crippen LogP contribution in [0.25, 0.3) is 50.4 Å². The number of fused-ring (bicyclic) bond motifs is 1. The molecule has 208 valence electrons. The average Bonchev–Trinajstić information content (AvgIpc) is 3.42. The number of imidazole rings is 1. The first-order chi connectivity index (χ1) is 19.4. The summed E-state index contributed by atoms with van der Waals surface area (Å²) in [6, 6.07) is 33.8. The Bertz CT molecular complexity index is 1810. The molecule has 0 atom stereocenters. The van der Waals surface area contributed by atoms with Gasteiger partial charge in [-0.2, -0.15) is 0 Å². The van der Waals surface area contributed by atoms with Crippen molar-refractivity contribution in [3.8, 4) is 45.2 Å². The van der Waals surface area contributed by atoms with Crippen molar-refractivity contribution in [1.82, 2.24) is 14.5 Å². The molecule has 0 aliphatic rings. The van der Waals surface area contributed by atoms with Gasteiger partial charge >= 0.3 is 0 Å². The number of nitrogens with zero attached hydrogens (tertiary/aromatic N) is 3. The maximum absolute atomic E-state index is 10.6. The molecule has 0 radical (unpaired) electrons. The summed E-state index contributed by atoms with van der Waals surface area (Å²) in [7, 11) is 0. The largest absolute Gasteiger partial charge is 0.515 e. The zero-order chi connectivity index (χ0) is 27.8. The molecule has 2 heterocycles. The molecule has 0 aliphatic carbocycles. The predicted molar refractivity (Wildman–Crippen MR) is 164 cm³/mol. The van der Waals surface area contributed by atoms with E-state index in [4.69, 9.17) is 9.97 Å². The topological polar surface area (TPSA) is 50.9 Å². The van der Waals surface area contributed by atoms with Gasteiger partial charge in [-0.25, -0.2) is 0 Å². The van der Waals surface area contributed by atoms with Crippen LogP contribution in [0.3, 0.4) is 0 Å². The van der Waals surface area contributed by atoms with Crippen LogP contribution >= 0.6 is 0 Å². The minimum atomic E-state index is 0. The molecule has 5 heteroatoms. The second-order valence-corrected chi connectivity index (χ2v) is 10.8. The Hall–Kier alpha value is -4.01. The summed E-state index contributed by atoms with van der Waals surface area (Å²) in [5.74, 6) is 1.68. The average molecular weight is 718 g/mol. The summed E-state index contributed by atoms with van der Waals surface area (Å²) < 4.78 is 2.24. The Balaban J connectivity index is 0.00000337. The van der Waals surface area contributed by atoms with Crippen molar-refractivity contribution in [1.29, 1.82) is 0 Å². The number of pyridine rings is 1. The number of hydrogen-bond acceptors (Lipinski definition) is 3. The van der Waals surface area contributed by atoms with Crippen LogP contribution in [-0.4, -0.2) is 19.6 Å². The van der Waals surface area contributed by atoms with Gasteiger partial charge in [-0.15, -0.1) is 29.8 Å². The summed E-state index contributed by atoms with van der Waals surface area (Å²) >= 11 is 0. The van der Waals surface area contributed by atoms with Crippen LogP contribution in [0.4, 0.5) is 0 Å². The van der Waals surface area contributed by atoms with Crippen molar-refractivity contribution in [3.63, 3.8) is 0 Å². The van der Waals surface area contributed by atoms with E-state index in [1.807, 2.05) is 48.7 Å². The molecule has 0 amide bonds. The van der Waals surface area contributed by atoms with Gasteiger partial charge in [-0.3, -0.25) is 9.97 Å². The standard InChI is InChI=1S/C36H32N3O.Pt/c1-23(2)28-16-9-17-29(24(3)4)35(28)39-22-32(31-18-8-11-25-14-10-20-37-34(25)31)38-36(39)27-13-7-12-26(21-27)30-15-5-6-19-33(30)40;/h5-20,22-24,40H,1-4H3;/q-1;. The van der Waals surface area contributed by atoms with E-state index in [9.17, 15) is 5.11 Å². The number of benzene rings is 4. The van der Waals surface area contributed by atoms with E-state index >= 15 is 0 Å². The number of phenols is 1. The van der Waals surface area contributed by atoms with Crippen LogP contribution in [0.15, 0.2) is 103 Å². The fourth-order valence-corrected chi connectivity index (χ4v) is 5.43. The third kappa shape index (κ3) is 5.37. The first-order valence-corrected chi connectivity index (χ1v) is 13.8. The van der Waals surface area contributed by atoms with Crippen molar-refractivity contribution in [3.05, 3.63) is 121 Å². The molecule has 4 aromatic carbocycles. The maximum atomic E-state index is 10.6. The van der Waals surface area contributed by atoms with Crippen LogP contribution in [0.1, 0.15) is 50.7 Å². The van der Waals surface area contributed by atoms with E-state index in [2.05, 4.69) is 87.0 Å². The van der Waals surface area contributed by atoms with E-state index in [0.29, 0.717) is 11.8 Å². The molecule has 6 rings (SSSR count). The fourth-order valence-electron chi connectivity index (χ4n) is 5.43. The minimum absolute atomic E-state index is 0. The second-order valence-electron chi connectivity index (χ2n) is 10.8. The number of aromatic hydroxyl groups is 1. The first kappa shape index (κ1) is 28.5. The van der Waals surface area contributed by atoms with Crippen molar-refractivity contribution >= 4 is 10.9 Å². The molecule has 6 aromatic rings. The van der Waals surface area contributed by atoms with Crippen LogP contribution in [-0.2, 0) is 21.1 Å². The normalized spacial score (nSPS) is 11.3. The quantitative estimate of drug-likeness (QED) is 0.175. The summed E-state index contributed by atoms with van der Waals surface area (Å²) in [6.07, 6.45) is 3.98. The Morgan fingerprint density at radius 3 is 2.07 bits per heavy atom. The molecule has 41 heavy (non-hydrogen) atoms. The van der Waals surface area contributed by atoms with E-state index in [1.54, 1.807) is 6.07 Å². The zero-order valence-corrected chi connectivity index (χ0v) is 25.8. The monoisotopic (exact) mass is 717 g/mol. The smallest absolute Gasteiger partial charge is 0.0901 e. The van der Waals surface area contributed by atoms with Gasteiger partial charge in [0.25, 0.3) is 0 Å². The third-order valence-electron chi connectivity index (χ3n) is 7.43. The SMILES string of the molecule is CC(C)c1cccc(C(C)C)c1-n1cc(-c2cccc3cccnc23)nc1-c1[c-]c(-c2ccccc2O)ccc1.[Pt]. The molecular weight excluding hydrogens is 685 g/mol. The van der Waals surface area contributed by atoms with Crippen molar-refractivity contribution < 1.29 is 26.2 Å². The Morgan fingerprint density at radius 2 is 1.34 bits per heavy atom. The van der Waals surface area contributed by atoms with E-state index < -0.39 is 0 Å². The first-order valence-electron chi connectivity index (χ1n) is 13.8. The second kappa shape index (κ2) is 11.8. The molecule has 0 spiro atoms. The van der Waals surface area contributed by atoms with Gasteiger partial charge in [0.15, 0.2) is 0 Å². The summed E-state index contributed by atoms with van der Waals surface area (Å²) in [5, 5.41) is 11.6. The summed E-state index contributed by atoms with van der Waals surface area (Å²) in [6.45, 7) is 8.94. The fraction of sp³-hybridized carbons (Fsp3) is 0.167. The predicted octanol–water partition coefficient (Wildman–Crippen LogP) is 9.17. The van der Waals surface area contributed by atoms with Crippen molar-refractivity contribution in [2.75, 3.05) is 0 Å². The third-order valence-corrected chi connectivity index (χ3v) is 7.43. The van der Waals surface area contributed by atoms with Gasteiger partial charge in [0.05, 0.1) is 22.8 Å². The van der Waals surface area contributed by atoms with Crippen molar-refractivity contribution in [2.45, 2.75) is 39.5 Å². The van der Waals surface area contributed by atoms with Crippen LogP contribution in [0.2, 0.25) is 0 Å². The van der Waals surface area contributed by atoms with Crippen molar-refractivity contribution in [2.24, 2.45) is 0 Å². The molecule has 0 bridgehead atoms. The van der Waals surface area contributed by atoms with E-state index in [1.165, 1.54) is 11.1 Å². The molecular formula is C36H32N3OPt-. The maximum Gasteiger partial charge on any atom is 0.0901 e. The van der Waals surface area contributed by atoms with E-state index in [0.717, 1.165) is 50.4 Å². The molecule has 0 saturated heterocycles. The Morgan fingerprint density at radius 1 is 0.707 bits per heavy atom. The molecule has 0 unspecified atom stereocenters. The number of aromatic nitrogens is 3. The molecule has 0 saturated carbocycles. The summed E-state index contributed by atoms with van der Waals surface area (Å²) in [5.41, 5.74) is 8.88. The van der Waals surface area contributed by atoms with Gasteiger partial charge in [-0.05, 0) is 40.7 Å². The Kier molecular flexibility index (Phi) is 8.24. The van der Waals surface area contributed by atoms with Crippen LogP contribution in [0, 0.1) is 6.07 Å². The molecule has 1 N–H and O–H groups in total. The number of phenolic OH excluding ortho intramolecular Hbond substituents is 1. The number of rotatable bonds is 6. The molecule has 0 aliphatic heterocycles. The van der Waals surface area contributed by atoms with Crippen LogP contribution < -0.4 is 0 Å². The minimum Gasteiger partial charge on any atom is -0.515 e. The van der Waals surface area contributed by atoms with Gasteiger partial charge in [0, 0.05) is 50.1 Å². The zero-order valence-electron chi connectivity index (χ0n) is 23.6. The molecule has 4 nitrogen and oxygen atoms in total. The van der Waals surface area contributed by atoms with Gasteiger partial charge in [0.2, 0.25) is 0 Å².